The number of amides is 1. The molecule has 9 nitrogen and oxygen atoms in total. The number of hydrogen-bond donors (Lipinski definition) is 4. The van der Waals surface area contributed by atoms with Gasteiger partial charge in [-0.25, -0.2) is 4.98 Å². The zero-order valence-electron chi connectivity index (χ0n) is 17.1. The molecule has 3 aromatic rings. The number of carbonyl (C=O) groups excluding carboxylic acids is 1. The van der Waals surface area contributed by atoms with E-state index in [4.69, 9.17) is 11.6 Å². The average molecular weight is 443 g/mol. The maximum absolute atomic E-state index is 12.4. The van der Waals surface area contributed by atoms with Gasteiger partial charge >= 0.3 is 0 Å². The highest BCUT2D eigenvalue weighted by molar-refractivity contribution is 6.28. The summed E-state index contributed by atoms with van der Waals surface area (Å²) in [6.45, 7) is 2.57. The summed E-state index contributed by atoms with van der Waals surface area (Å²) in [5, 5.41) is 27.3. The third kappa shape index (κ3) is 2.91. The highest BCUT2D eigenvalue weighted by Crippen LogP contribution is 2.67. The van der Waals surface area contributed by atoms with Crippen LogP contribution in [0.4, 0.5) is 5.82 Å². The summed E-state index contributed by atoms with van der Waals surface area (Å²) < 4.78 is 1.71. The Hall–Kier alpha value is -2.75. The van der Waals surface area contributed by atoms with Crippen molar-refractivity contribution in [2.75, 3.05) is 12.4 Å². The van der Waals surface area contributed by atoms with Gasteiger partial charge in [0.05, 0.1) is 23.9 Å². The van der Waals surface area contributed by atoms with Crippen molar-refractivity contribution >= 4 is 34.5 Å². The van der Waals surface area contributed by atoms with Crippen molar-refractivity contribution in [1.82, 2.24) is 24.8 Å². The molecule has 0 spiro atoms. The lowest BCUT2D eigenvalue weighted by atomic mass is 9.98. The van der Waals surface area contributed by atoms with Gasteiger partial charge in [0.2, 0.25) is 11.2 Å². The van der Waals surface area contributed by atoms with Crippen molar-refractivity contribution in [2.45, 2.75) is 38.1 Å². The Morgan fingerprint density at radius 2 is 2.10 bits per heavy atom. The lowest BCUT2D eigenvalue weighted by Gasteiger charge is -2.23. The molecule has 2 aliphatic carbocycles. The number of aryl methyl sites for hydroxylation is 1. The van der Waals surface area contributed by atoms with Crippen LogP contribution in [0, 0.1) is 18.3 Å². The summed E-state index contributed by atoms with van der Waals surface area (Å²) >= 11 is 6.21. The molecule has 1 amide bonds. The SMILES string of the molecule is CNC(=O)[C@@]12C[C@@H]1[C@H](n1cnc3c(NCc4ccccc4C)nc(Cl)nc31)[C@H](O)[C@@H]2O. The quantitative estimate of drug-likeness (QED) is 0.440. The number of hydrogen-bond acceptors (Lipinski definition) is 7. The number of anilines is 1. The zero-order chi connectivity index (χ0) is 21.9. The van der Waals surface area contributed by atoms with Crippen LogP contribution >= 0.6 is 11.6 Å². The molecule has 5 rings (SSSR count). The van der Waals surface area contributed by atoms with Gasteiger partial charge in [-0.2, -0.15) is 9.97 Å². The number of imidazole rings is 1. The van der Waals surface area contributed by atoms with Gasteiger partial charge in [-0.15, -0.1) is 0 Å². The Bertz CT molecular complexity index is 1180. The van der Waals surface area contributed by atoms with E-state index >= 15 is 0 Å². The number of aromatic nitrogens is 4. The molecule has 1 aromatic carbocycles. The predicted octanol–water partition coefficient (Wildman–Crippen LogP) is 1.43. The monoisotopic (exact) mass is 442 g/mol. The number of aliphatic hydroxyl groups is 2. The van der Waals surface area contributed by atoms with Crippen molar-refractivity contribution in [1.29, 1.82) is 0 Å². The van der Waals surface area contributed by atoms with E-state index in [1.807, 2.05) is 31.2 Å². The van der Waals surface area contributed by atoms with Crippen molar-refractivity contribution < 1.29 is 15.0 Å². The predicted molar refractivity (Wildman–Crippen MR) is 114 cm³/mol. The normalized spacial score (nSPS) is 29.1. The van der Waals surface area contributed by atoms with E-state index in [2.05, 4.69) is 25.6 Å². The van der Waals surface area contributed by atoms with Crippen molar-refractivity contribution in [2.24, 2.45) is 11.3 Å². The van der Waals surface area contributed by atoms with E-state index in [9.17, 15) is 15.0 Å². The first-order valence-corrected chi connectivity index (χ1v) is 10.5. The second-order valence-electron chi connectivity index (χ2n) is 8.30. The fraction of sp³-hybridized carbons (Fsp3) is 0.429. The number of halogens is 1. The highest BCUT2D eigenvalue weighted by atomic mass is 35.5. The number of carbonyl (C=O) groups is 1. The number of nitrogens with one attached hydrogen (secondary N) is 2. The smallest absolute Gasteiger partial charge is 0.229 e. The lowest BCUT2D eigenvalue weighted by Crippen LogP contribution is -2.41. The largest absolute Gasteiger partial charge is 0.389 e. The standard InChI is InChI=1S/C21H23ClN6O3/c1-10-5-3-4-6-11(10)8-24-17-13-18(27-20(22)26-17)28(9-25-13)14-12-7-21(12,19(31)23-2)16(30)15(14)29/h3-6,9,12,14-16,29-30H,7-8H2,1-2H3,(H,23,31)(H,24,26,27)/t12-,14+,15+,16+,21+/m1/s1. The Balaban J connectivity index is 1.50. The van der Waals surface area contributed by atoms with Gasteiger partial charge in [0.25, 0.3) is 0 Å². The molecule has 2 fully saturated rings. The molecule has 0 radical (unpaired) electrons. The fourth-order valence-corrected chi connectivity index (χ4v) is 5.17. The molecule has 0 unspecified atom stereocenters. The van der Waals surface area contributed by atoms with Crippen LogP contribution in [0.25, 0.3) is 11.2 Å². The van der Waals surface area contributed by atoms with Gasteiger partial charge in [0, 0.05) is 19.5 Å². The van der Waals surface area contributed by atoms with Crippen LogP contribution in [0.15, 0.2) is 30.6 Å². The number of nitrogens with zero attached hydrogens (tertiary/aromatic N) is 4. The molecule has 10 heteroatoms. The summed E-state index contributed by atoms with van der Waals surface area (Å²) in [6.07, 6.45) is -0.221. The number of aliphatic hydroxyl groups excluding tert-OH is 2. The fourth-order valence-electron chi connectivity index (χ4n) is 5.01. The molecule has 31 heavy (non-hydrogen) atoms. The first kappa shape index (κ1) is 20.2. The van der Waals surface area contributed by atoms with E-state index in [-0.39, 0.29) is 17.1 Å². The molecule has 2 aliphatic rings. The minimum Gasteiger partial charge on any atom is -0.389 e. The molecular weight excluding hydrogens is 420 g/mol. The van der Waals surface area contributed by atoms with Gasteiger partial charge in [-0.3, -0.25) is 4.79 Å². The van der Waals surface area contributed by atoms with Gasteiger partial charge in [-0.1, -0.05) is 24.3 Å². The maximum atomic E-state index is 12.4. The van der Waals surface area contributed by atoms with E-state index in [0.717, 1.165) is 11.1 Å². The van der Waals surface area contributed by atoms with Crippen LogP contribution in [0.1, 0.15) is 23.6 Å². The first-order chi connectivity index (χ1) is 14.9. The van der Waals surface area contributed by atoms with E-state index in [0.29, 0.717) is 29.9 Å². The van der Waals surface area contributed by atoms with E-state index in [1.165, 1.54) is 7.05 Å². The van der Waals surface area contributed by atoms with Gasteiger partial charge in [0.15, 0.2) is 17.0 Å². The molecule has 5 atom stereocenters. The van der Waals surface area contributed by atoms with Gasteiger partial charge < -0.3 is 25.4 Å². The zero-order valence-corrected chi connectivity index (χ0v) is 17.8. The van der Waals surface area contributed by atoms with Crippen molar-refractivity contribution in [3.8, 4) is 0 Å². The van der Waals surface area contributed by atoms with Crippen LogP contribution < -0.4 is 10.6 Å². The number of benzene rings is 1. The van der Waals surface area contributed by atoms with Crippen LogP contribution in [0.5, 0.6) is 0 Å². The molecular formula is C21H23ClN6O3. The maximum Gasteiger partial charge on any atom is 0.229 e. The van der Waals surface area contributed by atoms with Crippen LogP contribution in [-0.4, -0.2) is 54.9 Å². The Labute approximate surface area is 183 Å². The molecule has 2 aromatic heterocycles. The topological polar surface area (TPSA) is 125 Å². The Morgan fingerprint density at radius 1 is 1.32 bits per heavy atom. The van der Waals surface area contributed by atoms with Crippen LogP contribution in [0.3, 0.4) is 0 Å². The molecule has 4 N–H and O–H groups in total. The molecule has 0 saturated heterocycles. The van der Waals surface area contributed by atoms with E-state index < -0.39 is 23.7 Å². The molecule has 162 valence electrons. The summed E-state index contributed by atoms with van der Waals surface area (Å²) in [5.41, 5.74) is 2.26. The second kappa shape index (κ2) is 7.15. The summed E-state index contributed by atoms with van der Waals surface area (Å²) in [7, 11) is 1.53. The highest BCUT2D eigenvalue weighted by Gasteiger charge is 2.75. The third-order valence-electron chi connectivity index (χ3n) is 6.75. The third-order valence-corrected chi connectivity index (χ3v) is 6.91. The minimum atomic E-state index is -1.16. The average Bonchev–Trinajstić information content (AvgIpc) is 3.30. The second-order valence-corrected chi connectivity index (χ2v) is 8.64. The van der Waals surface area contributed by atoms with Crippen LogP contribution in [0.2, 0.25) is 5.28 Å². The summed E-state index contributed by atoms with van der Waals surface area (Å²) in [4.78, 5) is 25.5. The number of rotatable bonds is 5. The van der Waals surface area contributed by atoms with Crippen molar-refractivity contribution in [3.05, 3.63) is 47.0 Å². The van der Waals surface area contributed by atoms with Crippen molar-refractivity contribution in [3.63, 3.8) is 0 Å². The Kier molecular flexibility index (Phi) is 4.65. The van der Waals surface area contributed by atoms with Crippen LogP contribution in [-0.2, 0) is 11.3 Å². The molecule has 0 bridgehead atoms. The molecule has 2 saturated carbocycles. The minimum absolute atomic E-state index is 0.0444. The first-order valence-electron chi connectivity index (χ1n) is 10.1. The number of fused-ring (bicyclic) bond motifs is 2. The molecule has 2 heterocycles. The summed E-state index contributed by atoms with van der Waals surface area (Å²) in [6, 6.07) is 7.49. The Morgan fingerprint density at radius 3 is 2.84 bits per heavy atom. The van der Waals surface area contributed by atoms with Gasteiger partial charge in [-0.05, 0) is 36.1 Å². The molecule has 0 aliphatic heterocycles. The summed E-state index contributed by atoms with van der Waals surface area (Å²) in [5.74, 6) is 0.00887. The van der Waals surface area contributed by atoms with Gasteiger partial charge in [0.1, 0.15) is 6.10 Å². The lowest BCUT2D eigenvalue weighted by molar-refractivity contribution is -0.132. The van der Waals surface area contributed by atoms with E-state index in [1.54, 1.807) is 10.9 Å².